The lowest BCUT2D eigenvalue weighted by molar-refractivity contribution is 0.0923. The third kappa shape index (κ3) is 3.01. The number of rotatable bonds is 3. The van der Waals surface area contributed by atoms with Gasteiger partial charge >= 0.3 is 0 Å². The van der Waals surface area contributed by atoms with Gasteiger partial charge in [-0.1, -0.05) is 12.1 Å². The molecule has 0 spiro atoms. The van der Waals surface area contributed by atoms with E-state index in [1.165, 1.54) is 12.1 Å². The summed E-state index contributed by atoms with van der Waals surface area (Å²) < 4.78 is 4.99. The molecule has 88 valence electrons. The van der Waals surface area contributed by atoms with Gasteiger partial charge in [-0.05, 0) is 41.4 Å². The van der Waals surface area contributed by atoms with Crippen LogP contribution in [0.1, 0.15) is 16.1 Å². The summed E-state index contributed by atoms with van der Waals surface area (Å²) in [6.07, 6.45) is 0. The quantitative estimate of drug-likeness (QED) is 0.822. The minimum absolute atomic E-state index is 0.193. The van der Waals surface area contributed by atoms with Gasteiger partial charge in [0.05, 0.1) is 0 Å². The van der Waals surface area contributed by atoms with Crippen molar-refractivity contribution in [3.63, 3.8) is 0 Å². The molecular formula is C12H11ClN2O2. The molecule has 0 radical (unpaired) electrons. The molecule has 0 fully saturated rings. The maximum Gasteiger partial charge on any atom is 0.287 e. The van der Waals surface area contributed by atoms with Crippen molar-refractivity contribution in [3.8, 4) is 0 Å². The fourth-order valence-corrected chi connectivity index (χ4v) is 1.55. The normalized spacial score (nSPS) is 10.2. The van der Waals surface area contributed by atoms with Crippen LogP contribution in [0.4, 0.5) is 5.69 Å². The van der Waals surface area contributed by atoms with Gasteiger partial charge in [0.15, 0.2) is 11.0 Å². The van der Waals surface area contributed by atoms with E-state index in [1.54, 1.807) is 12.1 Å². The molecule has 4 nitrogen and oxygen atoms in total. The van der Waals surface area contributed by atoms with E-state index in [-0.39, 0.29) is 16.9 Å². The van der Waals surface area contributed by atoms with Crippen LogP contribution in [0.2, 0.25) is 5.22 Å². The SMILES string of the molecule is Nc1cccc(CNC(=O)c2ccc(Cl)o2)c1. The van der Waals surface area contributed by atoms with Gasteiger partial charge in [-0.15, -0.1) is 0 Å². The number of nitrogen functional groups attached to an aromatic ring is 1. The predicted molar refractivity (Wildman–Crippen MR) is 65.7 cm³/mol. The number of hydrogen-bond donors (Lipinski definition) is 2. The molecule has 2 rings (SSSR count). The van der Waals surface area contributed by atoms with Gasteiger partial charge in [0.25, 0.3) is 5.91 Å². The summed E-state index contributed by atoms with van der Waals surface area (Å²) in [6, 6.07) is 10.4. The van der Waals surface area contributed by atoms with Crippen LogP contribution in [-0.4, -0.2) is 5.91 Å². The molecule has 0 aliphatic carbocycles. The van der Waals surface area contributed by atoms with E-state index < -0.39 is 0 Å². The highest BCUT2D eigenvalue weighted by Gasteiger charge is 2.09. The fourth-order valence-electron chi connectivity index (χ4n) is 1.41. The van der Waals surface area contributed by atoms with E-state index >= 15 is 0 Å². The molecule has 0 saturated heterocycles. The van der Waals surface area contributed by atoms with Crippen molar-refractivity contribution in [3.05, 3.63) is 52.9 Å². The zero-order chi connectivity index (χ0) is 12.3. The van der Waals surface area contributed by atoms with E-state index in [4.69, 9.17) is 21.8 Å². The fraction of sp³-hybridized carbons (Fsp3) is 0.0833. The van der Waals surface area contributed by atoms with Crippen molar-refractivity contribution in [2.75, 3.05) is 5.73 Å². The Bertz CT molecular complexity index is 537. The lowest BCUT2D eigenvalue weighted by atomic mass is 10.2. The lowest BCUT2D eigenvalue weighted by Gasteiger charge is -2.04. The summed E-state index contributed by atoms with van der Waals surface area (Å²) in [5.74, 6) is -0.113. The minimum Gasteiger partial charge on any atom is -0.440 e. The molecule has 5 heteroatoms. The van der Waals surface area contributed by atoms with Gasteiger partial charge in [0.1, 0.15) is 0 Å². The summed E-state index contributed by atoms with van der Waals surface area (Å²) in [4.78, 5) is 11.6. The van der Waals surface area contributed by atoms with Gasteiger partial charge in [-0.25, -0.2) is 0 Å². The maximum absolute atomic E-state index is 11.6. The number of anilines is 1. The number of hydrogen-bond acceptors (Lipinski definition) is 3. The molecule has 0 aliphatic heterocycles. The molecule has 0 aliphatic rings. The molecule has 3 N–H and O–H groups in total. The van der Waals surface area contributed by atoms with Crippen LogP contribution < -0.4 is 11.1 Å². The molecule has 1 aromatic carbocycles. The standard InChI is InChI=1S/C12H11ClN2O2/c13-11-5-4-10(17-11)12(16)15-7-8-2-1-3-9(14)6-8/h1-6H,7,14H2,(H,15,16). The average Bonchev–Trinajstić information content (AvgIpc) is 2.73. The smallest absolute Gasteiger partial charge is 0.287 e. The Morgan fingerprint density at radius 2 is 2.18 bits per heavy atom. The molecule has 0 bridgehead atoms. The van der Waals surface area contributed by atoms with Crippen molar-refractivity contribution >= 4 is 23.2 Å². The summed E-state index contributed by atoms with van der Waals surface area (Å²) >= 11 is 5.58. The predicted octanol–water partition coefficient (Wildman–Crippen LogP) is 2.45. The first-order valence-electron chi connectivity index (χ1n) is 5.03. The van der Waals surface area contributed by atoms with Crippen LogP contribution in [-0.2, 0) is 6.54 Å². The molecule has 2 aromatic rings. The maximum atomic E-state index is 11.6. The number of furan rings is 1. The molecule has 17 heavy (non-hydrogen) atoms. The Morgan fingerprint density at radius 3 is 2.82 bits per heavy atom. The number of halogens is 1. The third-order valence-electron chi connectivity index (χ3n) is 2.20. The topological polar surface area (TPSA) is 68.3 Å². The Kier molecular flexibility index (Phi) is 3.35. The molecule has 0 saturated carbocycles. The van der Waals surface area contributed by atoms with E-state index in [2.05, 4.69) is 5.32 Å². The molecule has 1 aromatic heterocycles. The number of amides is 1. The number of carbonyl (C=O) groups excluding carboxylic acids is 1. The van der Waals surface area contributed by atoms with Crippen LogP contribution in [0.25, 0.3) is 0 Å². The molecular weight excluding hydrogens is 240 g/mol. The number of nitrogens with two attached hydrogens (primary N) is 1. The third-order valence-corrected chi connectivity index (χ3v) is 2.40. The van der Waals surface area contributed by atoms with E-state index in [9.17, 15) is 4.79 Å². The van der Waals surface area contributed by atoms with Gasteiger partial charge in [0.2, 0.25) is 0 Å². The Labute approximate surface area is 103 Å². The highest BCUT2D eigenvalue weighted by Crippen LogP contribution is 2.13. The zero-order valence-electron chi connectivity index (χ0n) is 8.94. The van der Waals surface area contributed by atoms with Crippen LogP contribution in [0.3, 0.4) is 0 Å². The summed E-state index contributed by atoms with van der Waals surface area (Å²) in [5.41, 5.74) is 7.22. The highest BCUT2D eigenvalue weighted by molar-refractivity contribution is 6.29. The molecule has 1 heterocycles. The van der Waals surface area contributed by atoms with Gasteiger partial charge < -0.3 is 15.5 Å². The second-order valence-corrected chi connectivity index (χ2v) is 3.90. The van der Waals surface area contributed by atoms with Gasteiger partial charge in [0, 0.05) is 12.2 Å². The van der Waals surface area contributed by atoms with Crippen molar-refractivity contribution in [1.82, 2.24) is 5.32 Å². The summed E-state index contributed by atoms with van der Waals surface area (Å²) in [7, 11) is 0. The van der Waals surface area contributed by atoms with Crippen LogP contribution >= 0.6 is 11.6 Å². The first-order chi connectivity index (χ1) is 8.15. The highest BCUT2D eigenvalue weighted by atomic mass is 35.5. The van der Waals surface area contributed by atoms with Crippen molar-refractivity contribution < 1.29 is 9.21 Å². The number of nitrogens with one attached hydrogen (secondary N) is 1. The van der Waals surface area contributed by atoms with Crippen LogP contribution in [0.5, 0.6) is 0 Å². The first kappa shape index (κ1) is 11.5. The second-order valence-electron chi connectivity index (χ2n) is 3.53. The van der Waals surface area contributed by atoms with Crippen molar-refractivity contribution in [2.45, 2.75) is 6.54 Å². The van der Waals surface area contributed by atoms with Gasteiger partial charge in [-0.3, -0.25) is 4.79 Å². The van der Waals surface area contributed by atoms with Crippen LogP contribution in [0.15, 0.2) is 40.8 Å². The molecule has 0 unspecified atom stereocenters. The van der Waals surface area contributed by atoms with E-state index in [0.29, 0.717) is 12.2 Å². The summed E-state index contributed by atoms with van der Waals surface area (Å²) in [6.45, 7) is 0.391. The molecule has 1 amide bonds. The monoisotopic (exact) mass is 250 g/mol. The number of carbonyl (C=O) groups is 1. The molecule has 0 atom stereocenters. The van der Waals surface area contributed by atoms with Crippen LogP contribution in [0, 0.1) is 0 Å². The van der Waals surface area contributed by atoms with Crippen molar-refractivity contribution in [2.24, 2.45) is 0 Å². The average molecular weight is 251 g/mol. The number of benzene rings is 1. The minimum atomic E-state index is -0.306. The Balaban J connectivity index is 1.97. The largest absolute Gasteiger partial charge is 0.440 e. The van der Waals surface area contributed by atoms with E-state index in [0.717, 1.165) is 5.56 Å². The van der Waals surface area contributed by atoms with E-state index in [1.807, 2.05) is 12.1 Å². The second kappa shape index (κ2) is 4.93. The van der Waals surface area contributed by atoms with Crippen molar-refractivity contribution in [1.29, 1.82) is 0 Å². The Morgan fingerprint density at radius 1 is 1.35 bits per heavy atom. The van der Waals surface area contributed by atoms with Gasteiger partial charge in [-0.2, -0.15) is 0 Å². The lowest BCUT2D eigenvalue weighted by Crippen LogP contribution is -2.22. The summed E-state index contributed by atoms with van der Waals surface area (Å²) in [5, 5.41) is 2.90. The first-order valence-corrected chi connectivity index (χ1v) is 5.41. The Hall–Kier alpha value is -1.94. The zero-order valence-corrected chi connectivity index (χ0v) is 9.70.